The average Bonchev–Trinajstić information content (AvgIpc) is 3.17. The Hall–Kier alpha value is -3.91. The van der Waals surface area contributed by atoms with Crippen LogP contribution in [0.25, 0.3) is 43.8 Å². The van der Waals surface area contributed by atoms with Crippen LogP contribution in [0, 0.1) is 0 Å². The molecule has 0 heterocycles. The predicted octanol–water partition coefficient (Wildman–Crippen LogP) is 8.58. The van der Waals surface area contributed by atoms with E-state index in [1.54, 1.807) is 0 Å². The minimum atomic E-state index is -1.33. The van der Waals surface area contributed by atoms with E-state index in [4.69, 9.17) is 11.6 Å². The van der Waals surface area contributed by atoms with E-state index in [-0.39, 0.29) is 0 Å². The monoisotopic (exact) mass is 468 g/mol. The van der Waals surface area contributed by atoms with Crippen molar-refractivity contribution in [3.8, 4) is 22.3 Å². The maximum Gasteiger partial charge on any atom is 0.142 e. The summed E-state index contributed by atoms with van der Waals surface area (Å²) in [4.78, 5) is 0. The normalized spacial score (nSPS) is 16.4. The van der Waals surface area contributed by atoms with Gasteiger partial charge in [0.2, 0.25) is 0 Å². The Labute approximate surface area is 208 Å². The van der Waals surface area contributed by atoms with Crippen LogP contribution in [0.15, 0.2) is 121 Å². The first-order chi connectivity index (χ1) is 17.1. The molecule has 6 aromatic carbocycles. The van der Waals surface area contributed by atoms with Crippen molar-refractivity contribution in [3.05, 3.63) is 143 Å². The van der Waals surface area contributed by atoms with Crippen LogP contribution in [0.2, 0.25) is 5.02 Å². The first kappa shape index (κ1) is 20.5. The van der Waals surface area contributed by atoms with Gasteiger partial charge in [0.1, 0.15) is 5.60 Å². The van der Waals surface area contributed by atoms with Gasteiger partial charge < -0.3 is 5.11 Å². The molecule has 1 N–H and O–H groups in total. The minimum Gasteiger partial charge on any atom is -0.376 e. The molecule has 0 saturated heterocycles. The van der Waals surface area contributed by atoms with Crippen LogP contribution < -0.4 is 0 Å². The Morgan fingerprint density at radius 2 is 1.23 bits per heavy atom. The zero-order valence-corrected chi connectivity index (χ0v) is 19.6. The minimum absolute atomic E-state index is 0.613. The molecule has 0 aromatic heterocycles. The van der Waals surface area contributed by atoms with Gasteiger partial charge in [-0.25, -0.2) is 0 Å². The maximum atomic E-state index is 12.7. The lowest BCUT2D eigenvalue weighted by Gasteiger charge is -2.29. The summed E-state index contributed by atoms with van der Waals surface area (Å²) in [5.41, 5.74) is 5.42. The molecule has 1 atom stereocenters. The Morgan fingerprint density at radius 3 is 2.11 bits per heavy atom. The molecule has 0 amide bonds. The van der Waals surface area contributed by atoms with Crippen LogP contribution in [0.5, 0.6) is 0 Å². The van der Waals surface area contributed by atoms with Crippen LogP contribution in [0.4, 0.5) is 0 Å². The van der Waals surface area contributed by atoms with Gasteiger partial charge in [0, 0.05) is 21.7 Å². The number of aliphatic hydroxyl groups is 1. The Kier molecular flexibility index (Phi) is 4.41. The van der Waals surface area contributed by atoms with Crippen molar-refractivity contribution in [2.24, 2.45) is 0 Å². The third-order valence-corrected chi connectivity index (χ3v) is 7.57. The smallest absolute Gasteiger partial charge is 0.142 e. The molecule has 0 bridgehead atoms. The van der Waals surface area contributed by atoms with Crippen molar-refractivity contribution in [3.63, 3.8) is 0 Å². The van der Waals surface area contributed by atoms with E-state index in [0.717, 1.165) is 49.7 Å². The zero-order chi connectivity index (χ0) is 23.6. The highest BCUT2D eigenvalue weighted by Crippen LogP contribution is 2.55. The molecule has 1 nitrogen and oxygen atoms in total. The average molecular weight is 469 g/mol. The summed E-state index contributed by atoms with van der Waals surface area (Å²) >= 11 is 6.51. The van der Waals surface area contributed by atoms with Crippen LogP contribution in [0.1, 0.15) is 16.7 Å². The highest BCUT2D eigenvalue weighted by molar-refractivity contribution is 6.30. The van der Waals surface area contributed by atoms with Crippen LogP contribution >= 0.6 is 11.6 Å². The molecule has 0 radical (unpaired) electrons. The third-order valence-electron chi connectivity index (χ3n) is 7.34. The lowest BCUT2D eigenvalue weighted by molar-refractivity contribution is 0.131. The van der Waals surface area contributed by atoms with Crippen LogP contribution in [-0.2, 0) is 5.60 Å². The standard InChI is InChI=1S/C33H21ClO/c34-25-16-17-28-31(20-25)33(35,30-18-15-22-8-3-4-11-27(22)32(28)30)29-12-6-5-10-26(29)24-14-13-21-7-1-2-9-23(21)19-24/h1-20,35H. The number of halogens is 1. The van der Waals surface area contributed by atoms with Gasteiger partial charge in [-0.1, -0.05) is 115 Å². The van der Waals surface area contributed by atoms with Crippen molar-refractivity contribution in [1.29, 1.82) is 0 Å². The second kappa shape index (κ2) is 7.55. The van der Waals surface area contributed by atoms with E-state index >= 15 is 0 Å². The van der Waals surface area contributed by atoms with Crippen molar-refractivity contribution in [2.45, 2.75) is 5.60 Å². The third kappa shape index (κ3) is 2.93. The van der Waals surface area contributed by atoms with Crippen molar-refractivity contribution in [2.75, 3.05) is 0 Å². The van der Waals surface area contributed by atoms with Gasteiger partial charge in [0.25, 0.3) is 0 Å². The van der Waals surface area contributed by atoms with E-state index in [2.05, 4.69) is 78.9 Å². The largest absolute Gasteiger partial charge is 0.376 e. The van der Waals surface area contributed by atoms with Crippen molar-refractivity contribution in [1.82, 2.24) is 0 Å². The SMILES string of the molecule is OC1(c2ccccc2-c2ccc3ccccc3c2)c2cc(Cl)ccc2-c2c1ccc1ccccc21. The summed E-state index contributed by atoms with van der Waals surface area (Å²) in [6.07, 6.45) is 0. The Balaban J connectivity index is 1.56. The van der Waals surface area contributed by atoms with Gasteiger partial charge in [-0.05, 0) is 62.0 Å². The fourth-order valence-corrected chi connectivity index (χ4v) is 5.91. The van der Waals surface area contributed by atoms with Gasteiger partial charge >= 0.3 is 0 Å². The van der Waals surface area contributed by atoms with Crippen molar-refractivity contribution < 1.29 is 5.11 Å². The highest BCUT2D eigenvalue weighted by atomic mass is 35.5. The maximum absolute atomic E-state index is 12.7. The van der Waals surface area contributed by atoms with Gasteiger partial charge in [-0.3, -0.25) is 0 Å². The predicted molar refractivity (Wildman–Crippen MR) is 146 cm³/mol. The second-order valence-corrected chi connectivity index (χ2v) is 9.65. The summed E-state index contributed by atoms with van der Waals surface area (Å²) in [7, 11) is 0. The van der Waals surface area contributed by atoms with E-state index in [0.29, 0.717) is 5.02 Å². The lowest BCUT2D eigenvalue weighted by atomic mass is 9.80. The summed E-state index contributed by atoms with van der Waals surface area (Å²) < 4.78 is 0. The molecule has 1 unspecified atom stereocenters. The topological polar surface area (TPSA) is 20.2 Å². The lowest BCUT2D eigenvalue weighted by Crippen LogP contribution is -2.27. The Bertz CT molecular complexity index is 1780. The van der Waals surface area contributed by atoms with Gasteiger partial charge in [0.05, 0.1) is 0 Å². The molecule has 1 aliphatic rings. The molecule has 1 aliphatic carbocycles. The molecule has 0 saturated carbocycles. The molecule has 35 heavy (non-hydrogen) atoms. The second-order valence-electron chi connectivity index (χ2n) is 9.22. The number of hydrogen-bond acceptors (Lipinski definition) is 1. The van der Waals surface area contributed by atoms with Gasteiger partial charge in [-0.2, -0.15) is 0 Å². The summed E-state index contributed by atoms with van der Waals surface area (Å²) in [5.74, 6) is 0. The number of rotatable bonds is 2. The van der Waals surface area contributed by atoms with Gasteiger partial charge in [0.15, 0.2) is 0 Å². The first-order valence-corrected chi connectivity index (χ1v) is 12.2. The Morgan fingerprint density at radius 1 is 0.514 bits per heavy atom. The van der Waals surface area contributed by atoms with E-state index in [1.165, 1.54) is 10.8 Å². The molecule has 6 aromatic rings. The fourth-order valence-electron chi connectivity index (χ4n) is 5.74. The quantitative estimate of drug-likeness (QED) is 0.270. The van der Waals surface area contributed by atoms with Crippen LogP contribution in [-0.4, -0.2) is 5.11 Å². The van der Waals surface area contributed by atoms with Gasteiger partial charge in [-0.15, -0.1) is 0 Å². The first-order valence-electron chi connectivity index (χ1n) is 11.8. The summed E-state index contributed by atoms with van der Waals surface area (Å²) in [6.45, 7) is 0. The number of fused-ring (bicyclic) bond motifs is 6. The fraction of sp³-hybridized carbons (Fsp3) is 0.0303. The molecule has 0 fully saturated rings. The molecule has 0 aliphatic heterocycles. The molecular weight excluding hydrogens is 448 g/mol. The summed E-state index contributed by atoms with van der Waals surface area (Å²) in [5, 5.41) is 18.0. The molecule has 2 heteroatoms. The molecule has 166 valence electrons. The number of hydrogen-bond donors (Lipinski definition) is 1. The molecule has 7 rings (SSSR count). The van der Waals surface area contributed by atoms with Crippen molar-refractivity contribution >= 4 is 33.1 Å². The van der Waals surface area contributed by atoms with E-state index < -0.39 is 5.60 Å². The van der Waals surface area contributed by atoms with Crippen LogP contribution in [0.3, 0.4) is 0 Å². The zero-order valence-electron chi connectivity index (χ0n) is 18.9. The van der Waals surface area contributed by atoms with E-state index in [1.807, 2.05) is 42.5 Å². The molecule has 0 spiro atoms. The summed E-state index contributed by atoms with van der Waals surface area (Å²) in [6, 6.07) is 41.4. The highest BCUT2D eigenvalue weighted by Gasteiger charge is 2.45. The van der Waals surface area contributed by atoms with E-state index in [9.17, 15) is 5.11 Å². The number of benzene rings is 6. The molecular formula is C33H21ClO.